The number of benzene rings is 3. The van der Waals surface area contributed by atoms with Crippen LogP contribution in [0.5, 0.6) is 11.5 Å². The second kappa shape index (κ2) is 9.10. The lowest BCUT2D eigenvalue weighted by Crippen LogP contribution is -2.33. The summed E-state index contributed by atoms with van der Waals surface area (Å²) in [4.78, 5) is 26.2. The molecule has 4 rings (SSSR count). The fraction of sp³-hybridized carbons (Fsp3) is 0.185. The summed E-state index contributed by atoms with van der Waals surface area (Å²) in [5.74, 6) is 1.20. The summed E-state index contributed by atoms with van der Waals surface area (Å²) in [5.41, 5.74) is 3.17. The number of aryl methyl sites for hydroxylation is 2. The van der Waals surface area contributed by atoms with Crippen LogP contribution in [0.25, 0.3) is 10.9 Å². The molecule has 1 amide bonds. The third-order valence-corrected chi connectivity index (χ3v) is 5.58. The first-order valence-corrected chi connectivity index (χ1v) is 10.7. The fourth-order valence-electron chi connectivity index (χ4n) is 3.99. The van der Waals surface area contributed by atoms with Crippen molar-refractivity contribution < 1.29 is 9.53 Å². The highest BCUT2D eigenvalue weighted by Crippen LogP contribution is 2.26. The number of nitrogens with one attached hydrogen (secondary N) is 1. The molecule has 0 aliphatic carbocycles. The molecule has 0 fully saturated rings. The molecule has 1 unspecified atom stereocenters. The van der Waals surface area contributed by atoms with Gasteiger partial charge in [-0.2, -0.15) is 0 Å². The van der Waals surface area contributed by atoms with E-state index < -0.39 is 6.04 Å². The van der Waals surface area contributed by atoms with Crippen LogP contribution in [0.1, 0.15) is 30.5 Å². The maximum atomic E-state index is 13.2. The minimum atomic E-state index is -0.619. The van der Waals surface area contributed by atoms with Gasteiger partial charge >= 0.3 is 0 Å². The third-order valence-electron chi connectivity index (χ3n) is 5.58. The van der Waals surface area contributed by atoms with Gasteiger partial charge < -0.3 is 10.1 Å². The Morgan fingerprint density at radius 2 is 1.59 bits per heavy atom. The summed E-state index contributed by atoms with van der Waals surface area (Å²) in [6, 6.07) is 23.6. The average molecular weight is 427 g/mol. The minimum Gasteiger partial charge on any atom is -0.457 e. The smallest absolute Gasteiger partial charge is 0.252 e. The van der Waals surface area contributed by atoms with Gasteiger partial charge in [-0.3, -0.25) is 14.2 Å². The Bertz CT molecular complexity index is 1310. The normalized spacial score (nSPS) is 11.8. The van der Waals surface area contributed by atoms with E-state index in [4.69, 9.17) is 4.74 Å². The van der Waals surface area contributed by atoms with E-state index in [-0.39, 0.29) is 11.5 Å². The first-order valence-electron chi connectivity index (χ1n) is 10.7. The molecule has 32 heavy (non-hydrogen) atoms. The summed E-state index contributed by atoms with van der Waals surface area (Å²) in [6.45, 7) is 5.80. The van der Waals surface area contributed by atoms with E-state index in [2.05, 4.69) is 5.32 Å². The number of hydrogen-bond donors (Lipinski definition) is 1. The van der Waals surface area contributed by atoms with Crippen molar-refractivity contribution in [1.82, 2.24) is 4.57 Å². The van der Waals surface area contributed by atoms with E-state index >= 15 is 0 Å². The molecule has 0 saturated heterocycles. The molecule has 0 aliphatic rings. The lowest BCUT2D eigenvalue weighted by molar-refractivity contribution is -0.119. The highest BCUT2D eigenvalue weighted by Gasteiger charge is 2.23. The molecular formula is C27H26N2O3. The number of carbonyl (C=O) groups excluding carboxylic acids is 1. The van der Waals surface area contributed by atoms with Crippen molar-refractivity contribution in [2.75, 3.05) is 5.32 Å². The number of aromatic nitrogens is 1. The Hall–Kier alpha value is -3.86. The molecule has 0 saturated carbocycles. The molecule has 5 nitrogen and oxygen atoms in total. The van der Waals surface area contributed by atoms with Crippen LogP contribution in [-0.4, -0.2) is 10.5 Å². The molecular weight excluding hydrogens is 400 g/mol. The molecule has 4 aromatic rings. The van der Waals surface area contributed by atoms with E-state index in [9.17, 15) is 9.59 Å². The van der Waals surface area contributed by atoms with Crippen LogP contribution < -0.4 is 15.6 Å². The topological polar surface area (TPSA) is 60.3 Å². The number of ether oxygens (including phenoxy) is 1. The number of carbonyl (C=O) groups is 1. The van der Waals surface area contributed by atoms with Gasteiger partial charge in [0.1, 0.15) is 17.5 Å². The number of hydrogen-bond acceptors (Lipinski definition) is 3. The van der Waals surface area contributed by atoms with Gasteiger partial charge in [0, 0.05) is 17.1 Å². The van der Waals surface area contributed by atoms with Gasteiger partial charge in [0.05, 0.1) is 5.52 Å². The largest absolute Gasteiger partial charge is 0.457 e. The maximum absolute atomic E-state index is 13.2. The summed E-state index contributed by atoms with van der Waals surface area (Å²) in [6.07, 6.45) is 0.493. The summed E-state index contributed by atoms with van der Waals surface area (Å²) in [7, 11) is 0. The number of rotatable bonds is 6. The van der Waals surface area contributed by atoms with E-state index in [1.54, 1.807) is 34.9 Å². The van der Waals surface area contributed by atoms with Crippen LogP contribution in [0.15, 0.2) is 83.7 Å². The standard InChI is InChI=1S/C27H26N2O3/c1-4-24(29-25(30)17-19(3)23-12-8-9-18(2)26(23)29)27(31)28-20-13-15-22(16-14-20)32-21-10-6-5-7-11-21/h5-17,24H,4H2,1-3H3,(H,28,31). The predicted octanol–water partition coefficient (Wildman–Crippen LogP) is 6.00. The van der Waals surface area contributed by atoms with Crippen LogP contribution in [0.2, 0.25) is 0 Å². The molecule has 0 aliphatic heterocycles. The Kier molecular flexibility index (Phi) is 6.08. The van der Waals surface area contributed by atoms with Crippen LogP contribution in [0.4, 0.5) is 5.69 Å². The molecule has 1 heterocycles. The average Bonchev–Trinajstić information content (AvgIpc) is 2.79. The van der Waals surface area contributed by atoms with Crippen molar-refractivity contribution in [2.45, 2.75) is 33.2 Å². The Morgan fingerprint density at radius 1 is 0.906 bits per heavy atom. The molecule has 3 aromatic carbocycles. The number of para-hydroxylation sites is 2. The fourth-order valence-corrected chi connectivity index (χ4v) is 3.99. The molecule has 1 N–H and O–H groups in total. The van der Waals surface area contributed by atoms with E-state index in [0.717, 1.165) is 27.8 Å². The summed E-state index contributed by atoms with van der Waals surface area (Å²) < 4.78 is 7.43. The van der Waals surface area contributed by atoms with Crippen molar-refractivity contribution in [1.29, 1.82) is 0 Å². The first kappa shape index (κ1) is 21.4. The van der Waals surface area contributed by atoms with Gasteiger partial charge in [0.2, 0.25) is 5.91 Å². The van der Waals surface area contributed by atoms with E-state index in [1.165, 1.54) is 0 Å². The minimum absolute atomic E-state index is 0.169. The van der Waals surface area contributed by atoms with Gasteiger partial charge in [-0.25, -0.2) is 0 Å². The highest BCUT2D eigenvalue weighted by atomic mass is 16.5. The second-order valence-corrected chi connectivity index (χ2v) is 7.86. The Morgan fingerprint density at radius 3 is 2.28 bits per heavy atom. The molecule has 5 heteroatoms. The number of nitrogens with zero attached hydrogens (tertiary/aromatic N) is 1. The lowest BCUT2D eigenvalue weighted by atomic mass is 10.0. The Labute approximate surface area is 187 Å². The van der Waals surface area contributed by atoms with Crippen molar-refractivity contribution in [3.63, 3.8) is 0 Å². The molecule has 1 aromatic heterocycles. The Balaban J connectivity index is 1.60. The zero-order valence-corrected chi connectivity index (χ0v) is 18.5. The molecule has 1 atom stereocenters. The van der Waals surface area contributed by atoms with Crippen LogP contribution in [-0.2, 0) is 4.79 Å². The molecule has 0 bridgehead atoms. The van der Waals surface area contributed by atoms with Crippen molar-refractivity contribution in [3.05, 3.63) is 100 Å². The van der Waals surface area contributed by atoms with Gasteiger partial charge in [-0.15, -0.1) is 0 Å². The maximum Gasteiger partial charge on any atom is 0.252 e. The number of amides is 1. The summed E-state index contributed by atoms with van der Waals surface area (Å²) in [5, 5.41) is 3.94. The van der Waals surface area contributed by atoms with Crippen molar-refractivity contribution in [2.24, 2.45) is 0 Å². The van der Waals surface area contributed by atoms with Crippen LogP contribution in [0.3, 0.4) is 0 Å². The predicted molar refractivity (Wildman–Crippen MR) is 129 cm³/mol. The third kappa shape index (κ3) is 4.28. The second-order valence-electron chi connectivity index (χ2n) is 7.86. The van der Waals surface area contributed by atoms with Gasteiger partial charge in [-0.05, 0) is 67.8 Å². The monoisotopic (exact) mass is 426 g/mol. The summed E-state index contributed by atoms with van der Waals surface area (Å²) >= 11 is 0. The van der Waals surface area contributed by atoms with Crippen molar-refractivity contribution in [3.8, 4) is 11.5 Å². The van der Waals surface area contributed by atoms with Crippen LogP contribution >= 0.6 is 0 Å². The number of pyridine rings is 1. The highest BCUT2D eigenvalue weighted by molar-refractivity contribution is 5.95. The van der Waals surface area contributed by atoms with E-state index in [0.29, 0.717) is 17.9 Å². The van der Waals surface area contributed by atoms with Gasteiger partial charge in [-0.1, -0.05) is 43.3 Å². The zero-order chi connectivity index (χ0) is 22.7. The lowest BCUT2D eigenvalue weighted by Gasteiger charge is -2.22. The molecule has 162 valence electrons. The quantitative estimate of drug-likeness (QED) is 0.411. The van der Waals surface area contributed by atoms with Crippen molar-refractivity contribution >= 4 is 22.5 Å². The van der Waals surface area contributed by atoms with Gasteiger partial charge in [0.15, 0.2) is 0 Å². The SMILES string of the molecule is CCC(C(=O)Nc1ccc(Oc2ccccc2)cc1)n1c(=O)cc(C)c2cccc(C)c21. The van der Waals surface area contributed by atoms with E-state index in [1.807, 2.05) is 69.3 Å². The first-order chi connectivity index (χ1) is 15.5. The van der Waals surface area contributed by atoms with Crippen LogP contribution in [0, 0.1) is 13.8 Å². The molecule has 0 radical (unpaired) electrons. The zero-order valence-electron chi connectivity index (χ0n) is 18.5. The molecule has 0 spiro atoms. The van der Waals surface area contributed by atoms with Gasteiger partial charge in [0.25, 0.3) is 5.56 Å². The number of fused-ring (bicyclic) bond motifs is 1. The number of anilines is 1.